The van der Waals surface area contributed by atoms with Gasteiger partial charge in [-0.1, -0.05) is 36.4 Å². The Balaban J connectivity index is 1.49. The highest BCUT2D eigenvalue weighted by Crippen LogP contribution is 2.24. The van der Waals surface area contributed by atoms with E-state index in [1.54, 1.807) is 7.05 Å². The molecule has 0 radical (unpaired) electrons. The molecule has 1 saturated heterocycles. The van der Waals surface area contributed by atoms with Crippen molar-refractivity contribution in [1.82, 2.24) is 4.31 Å². The van der Waals surface area contributed by atoms with Gasteiger partial charge in [0.15, 0.2) is 0 Å². The van der Waals surface area contributed by atoms with E-state index >= 15 is 0 Å². The minimum Gasteiger partial charge on any atom is -0.377 e. The van der Waals surface area contributed by atoms with Crippen LogP contribution in [0.3, 0.4) is 0 Å². The van der Waals surface area contributed by atoms with Crippen molar-refractivity contribution in [3.8, 4) is 0 Å². The maximum absolute atomic E-state index is 12.8. The van der Waals surface area contributed by atoms with Crippen molar-refractivity contribution >= 4 is 32.4 Å². The number of nitrogens with zero attached hydrogens (tertiary/aromatic N) is 1. The van der Waals surface area contributed by atoms with Gasteiger partial charge in [0.2, 0.25) is 10.0 Å². The standard InChI is InChI=1S/C23H24N2O4S/c1-25(16-19-8-5-15-29-19)30(27,28)20-13-11-18(12-14-20)23(26)24-22-10-4-7-17-6-2-3-9-21(17)22/h2-4,6-7,9-14,19H,5,8,15-16H2,1H3,(H,24,26)/t19-/m1/s1. The fourth-order valence-corrected chi connectivity index (χ4v) is 4.86. The lowest BCUT2D eigenvalue weighted by Gasteiger charge is -2.20. The second-order valence-corrected chi connectivity index (χ2v) is 9.47. The first-order valence-electron chi connectivity index (χ1n) is 9.92. The molecule has 4 rings (SSSR count). The van der Waals surface area contributed by atoms with Crippen LogP contribution in [0.25, 0.3) is 10.8 Å². The minimum atomic E-state index is -3.63. The van der Waals surface area contributed by atoms with E-state index in [1.165, 1.54) is 28.6 Å². The predicted octanol–water partition coefficient (Wildman–Crippen LogP) is 3.89. The van der Waals surface area contributed by atoms with Gasteiger partial charge in [-0.2, -0.15) is 4.31 Å². The molecule has 0 aliphatic carbocycles. The van der Waals surface area contributed by atoms with Crippen molar-refractivity contribution in [2.45, 2.75) is 23.8 Å². The van der Waals surface area contributed by atoms with Crippen LogP contribution in [0.1, 0.15) is 23.2 Å². The largest absolute Gasteiger partial charge is 0.377 e. The average Bonchev–Trinajstić information content (AvgIpc) is 3.27. The number of hydrogen-bond acceptors (Lipinski definition) is 4. The lowest BCUT2D eigenvalue weighted by Crippen LogP contribution is -2.34. The van der Waals surface area contributed by atoms with Crippen LogP contribution in [-0.2, 0) is 14.8 Å². The summed E-state index contributed by atoms with van der Waals surface area (Å²) in [6.07, 6.45) is 1.77. The Morgan fingerprint density at radius 3 is 2.53 bits per heavy atom. The molecule has 7 heteroatoms. The lowest BCUT2D eigenvalue weighted by atomic mass is 10.1. The second kappa shape index (κ2) is 8.55. The number of carbonyl (C=O) groups is 1. The molecule has 0 bridgehead atoms. The Labute approximate surface area is 176 Å². The van der Waals surface area contributed by atoms with Gasteiger partial charge in [0.25, 0.3) is 5.91 Å². The van der Waals surface area contributed by atoms with E-state index in [0.29, 0.717) is 24.4 Å². The first-order chi connectivity index (χ1) is 14.4. The van der Waals surface area contributed by atoms with E-state index in [2.05, 4.69) is 5.32 Å². The molecule has 0 spiro atoms. The molecule has 3 aromatic rings. The summed E-state index contributed by atoms with van der Waals surface area (Å²) >= 11 is 0. The molecule has 6 nitrogen and oxygen atoms in total. The zero-order chi connectivity index (χ0) is 21.1. The van der Waals surface area contributed by atoms with Gasteiger partial charge in [0, 0.05) is 36.8 Å². The van der Waals surface area contributed by atoms with Crippen molar-refractivity contribution in [2.75, 3.05) is 25.5 Å². The molecule has 1 aliphatic heterocycles. The highest BCUT2D eigenvalue weighted by atomic mass is 32.2. The zero-order valence-electron chi connectivity index (χ0n) is 16.7. The number of fused-ring (bicyclic) bond motifs is 1. The number of benzene rings is 3. The molecule has 156 valence electrons. The fourth-order valence-electron chi connectivity index (χ4n) is 3.66. The molecule has 30 heavy (non-hydrogen) atoms. The molecule has 1 heterocycles. The van der Waals surface area contributed by atoms with Crippen molar-refractivity contribution < 1.29 is 17.9 Å². The van der Waals surface area contributed by atoms with Gasteiger partial charge in [-0.05, 0) is 48.6 Å². The quantitative estimate of drug-likeness (QED) is 0.651. The van der Waals surface area contributed by atoms with Crippen molar-refractivity contribution in [2.24, 2.45) is 0 Å². The Bertz CT molecular complexity index is 1150. The summed E-state index contributed by atoms with van der Waals surface area (Å²) in [4.78, 5) is 12.9. The van der Waals surface area contributed by atoms with Gasteiger partial charge in [-0.15, -0.1) is 0 Å². The van der Waals surface area contributed by atoms with E-state index in [4.69, 9.17) is 4.74 Å². The van der Waals surface area contributed by atoms with Crippen LogP contribution in [0.5, 0.6) is 0 Å². The predicted molar refractivity (Wildman–Crippen MR) is 117 cm³/mol. The van der Waals surface area contributed by atoms with E-state index in [-0.39, 0.29) is 16.9 Å². The number of ether oxygens (including phenoxy) is 1. The Hall–Kier alpha value is -2.74. The van der Waals surface area contributed by atoms with Gasteiger partial charge in [-0.25, -0.2) is 8.42 Å². The molecule has 1 aliphatic rings. The number of sulfonamides is 1. The maximum Gasteiger partial charge on any atom is 0.255 e. The first kappa shape index (κ1) is 20.5. The summed E-state index contributed by atoms with van der Waals surface area (Å²) in [5, 5.41) is 4.90. The number of rotatable bonds is 6. The van der Waals surface area contributed by atoms with Crippen LogP contribution in [0, 0.1) is 0 Å². The van der Waals surface area contributed by atoms with E-state index in [9.17, 15) is 13.2 Å². The van der Waals surface area contributed by atoms with E-state index < -0.39 is 10.0 Å². The van der Waals surface area contributed by atoms with Crippen LogP contribution in [-0.4, -0.2) is 44.9 Å². The topological polar surface area (TPSA) is 75.7 Å². The molecule has 1 amide bonds. The minimum absolute atomic E-state index is 0.0597. The van der Waals surface area contributed by atoms with Gasteiger partial charge < -0.3 is 10.1 Å². The van der Waals surface area contributed by atoms with Gasteiger partial charge >= 0.3 is 0 Å². The van der Waals surface area contributed by atoms with Gasteiger partial charge in [0.05, 0.1) is 11.0 Å². The number of likely N-dealkylation sites (N-methyl/N-ethyl adjacent to an activating group) is 1. The third kappa shape index (κ3) is 4.23. The van der Waals surface area contributed by atoms with Crippen molar-refractivity contribution in [1.29, 1.82) is 0 Å². The normalized spacial score (nSPS) is 16.8. The summed E-state index contributed by atoms with van der Waals surface area (Å²) < 4.78 is 32.5. The summed E-state index contributed by atoms with van der Waals surface area (Å²) in [6, 6.07) is 19.5. The molecule has 3 aromatic carbocycles. The molecule has 0 aromatic heterocycles. The van der Waals surface area contributed by atoms with Crippen LogP contribution in [0.2, 0.25) is 0 Å². The van der Waals surface area contributed by atoms with Gasteiger partial charge in [-0.3, -0.25) is 4.79 Å². The molecular weight excluding hydrogens is 400 g/mol. The average molecular weight is 425 g/mol. The number of nitrogens with one attached hydrogen (secondary N) is 1. The highest BCUT2D eigenvalue weighted by Gasteiger charge is 2.26. The summed E-state index contributed by atoms with van der Waals surface area (Å²) in [7, 11) is -2.08. The summed E-state index contributed by atoms with van der Waals surface area (Å²) in [5.74, 6) is -0.289. The number of amides is 1. The monoisotopic (exact) mass is 424 g/mol. The Morgan fingerprint density at radius 1 is 1.07 bits per heavy atom. The molecule has 0 saturated carbocycles. The van der Waals surface area contributed by atoms with Gasteiger partial charge in [0.1, 0.15) is 0 Å². The molecule has 1 N–H and O–H groups in total. The zero-order valence-corrected chi connectivity index (χ0v) is 17.6. The molecular formula is C23H24N2O4S. The Morgan fingerprint density at radius 2 is 1.80 bits per heavy atom. The maximum atomic E-state index is 12.8. The summed E-state index contributed by atoms with van der Waals surface area (Å²) in [5.41, 5.74) is 1.11. The smallest absolute Gasteiger partial charge is 0.255 e. The third-order valence-electron chi connectivity index (χ3n) is 5.35. The summed E-state index contributed by atoms with van der Waals surface area (Å²) in [6.45, 7) is 1.00. The van der Waals surface area contributed by atoms with E-state index in [1.807, 2.05) is 42.5 Å². The van der Waals surface area contributed by atoms with Crippen LogP contribution in [0.4, 0.5) is 5.69 Å². The third-order valence-corrected chi connectivity index (χ3v) is 7.18. The highest BCUT2D eigenvalue weighted by molar-refractivity contribution is 7.89. The fraction of sp³-hybridized carbons (Fsp3) is 0.261. The second-order valence-electron chi connectivity index (χ2n) is 7.43. The first-order valence-corrected chi connectivity index (χ1v) is 11.4. The number of hydrogen-bond donors (Lipinski definition) is 1. The van der Waals surface area contributed by atoms with Crippen LogP contribution >= 0.6 is 0 Å². The SMILES string of the molecule is CN(C[C@H]1CCCO1)S(=O)(=O)c1ccc(C(=O)Nc2cccc3ccccc23)cc1. The van der Waals surface area contributed by atoms with Crippen LogP contribution in [0.15, 0.2) is 71.6 Å². The number of carbonyl (C=O) groups excluding carboxylic acids is 1. The van der Waals surface area contributed by atoms with Crippen molar-refractivity contribution in [3.05, 3.63) is 72.3 Å². The Kier molecular flexibility index (Phi) is 5.85. The molecule has 1 atom stereocenters. The lowest BCUT2D eigenvalue weighted by molar-refractivity contribution is 0.0979. The van der Waals surface area contributed by atoms with Crippen LogP contribution < -0.4 is 5.32 Å². The molecule has 0 unspecified atom stereocenters. The number of anilines is 1. The van der Waals surface area contributed by atoms with E-state index in [0.717, 1.165) is 23.6 Å². The molecule has 1 fully saturated rings. The van der Waals surface area contributed by atoms with Crippen molar-refractivity contribution in [3.63, 3.8) is 0 Å².